The summed E-state index contributed by atoms with van der Waals surface area (Å²) in [6.45, 7) is 3.02. The normalized spacial score (nSPS) is 10.2. The summed E-state index contributed by atoms with van der Waals surface area (Å²) in [5.74, 6) is -1.38. The molecule has 2 N–H and O–H groups in total. The molecule has 2 aromatic carbocycles. The number of anilines is 1. The predicted octanol–water partition coefficient (Wildman–Crippen LogP) is 3.46. The van der Waals surface area contributed by atoms with Crippen molar-refractivity contribution in [1.29, 1.82) is 0 Å². The van der Waals surface area contributed by atoms with Gasteiger partial charge < -0.3 is 15.2 Å². The molecule has 0 aliphatic rings. The number of halogens is 1. The number of aryl methyl sites for hydroxylation is 2. The minimum atomic E-state index is -0.755. The van der Waals surface area contributed by atoms with E-state index in [0.29, 0.717) is 16.3 Å². The van der Waals surface area contributed by atoms with Crippen molar-refractivity contribution >= 4 is 29.2 Å². The molecule has 0 unspecified atom stereocenters. The third-order valence-corrected chi connectivity index (χ3v) is 3.49. The number of phenols is 1. The van der Waals surface area contributed by atoms with Crippen LogP contribution in [0, 0.1) is 13.8 Å². The van der Waals surface area contributed by atoms with Gasteiger partial charge in [-0.3, -0.25) is 4.79 Å². The molecule has 120 valence electrons. The third-order valence-electron chi connectivity index (χ3n) is 3.25. The number of aromatic hydroxyl groups is 1. The number of carbonyl (C=O) groups excluding carboxylic acids is 2. The number of para-hydroxylation sites is 1. The molecule has 5 nitrogen and oxygen atoms in total. The first kappa shape index (κ1) is 16.8. The lowest BCUT2D eigenvalue weighted by atomic mass is 10.1. The van der Waals surface area contributed by atoms with E-state index < -0.39 is 18.5 Å². The van der Waals surface area contributed by atoms with Gasteiger partial charge >= 0.3 is 5.97 Å². The fourth-order valence-electron chi connectivity index (χ4n) is 1.99. The van der Waals surface area contributed by atoms with Gasteiger partial charge in [0.2, 0.25) is 0 Å². The van der Waals surface area contributed by atoms with Crippen LogP contribution in [0.5, 0.6) is 5.75 Å². The van der Waals surface area contributed by atoms with Crippen LogP contribution in [-0.4, -0.2) is 23.6 Å². The summed E-state index contributed by atoms with van der Waals surface area (Å²) in [7, 11) is 0. The van der Waals surface area contributed by atoms with Gasteiger partial charge in [0.05, 0.1) is 0 Å². The van der Waals surface area contributed by atoms with E-state index in [0.717, 1.165) is 5.56 Å². The van der Waals surface area contributed by atoms with Gasteiger partial charge in [-0.1, -0.05) is 23.7 Å². The van der Waals surface area contributed by atoms with Gasteiger partial charge in [-0.25, -0.2) is 4.79 Å². The molecule has 0 aliphatic heterocycles. The summed E-state index contributed by atoms with van der Waals surface area (Å²) in [5.41, 5.74) is 1.98. The zero-order valence-corrected chi connectivity index (χ0v) is 13.5. The molecule has 0 atom stereocenters. The number of benzene rings is 2. The highest BCUT2D eigenvalue weighted by molar-refractivity contribution is 6.30. The number of rotatable bonds is 4. The summed E-state index contributed by atoms with van der Waals surface area (Å²) in [6.07, 6.45) is 0. The van der Waals surface area contributed by atoms with Crippen molar-refractivity contribution in [2.75, 3.05) is 11.9 Å². The van der Waals surface area contributed by atoms with Crippen molar-refractivity contribution in [3.05, 3.63) is 58.1 Å². The molecule has 2 rings (SSSR count). The van der Waals surface area contributed by atoms with Crippen molar-refractivity contribution in [2.24, 2.45) is 0 Å². The van der Waals surface area contributed by atoms with Crippen molar-refractivity contribution in [1.82, 2.24) is 0 Å². The summed E-state index contributed by atoms with van der Waals surface area (Å²) >= 11 is 5.85. The van der Waals surface area contributed by atoms with Crippen molar-refractivity contribution < 1.29 is 19.4 Å². The quantitative estimate of drug-likeness (QED) is 0.840. The average molecular weight is 334 g/mol. The molecular weight excluding hydrogens is 318 g/mol. The van der Waals surface area contributed by atoms with E-state index in [-0.39, 0.29) is 11.3 Å². The molecule has 0 radical (unpaired) electrons. The van der Waals surface area contributed by atoms with Gasteiger partial charge in [0.1, 0.15) is 11.3 Å². The Hall–Kier alpha value is -2.53. The molecule has 6 heteroatoms. The summed E-state index contributed by atoms with van der Waals surface area (Å²) in [4.78, 5) is 23.8. The van der Waals surface area contributed by atoms with E-state index >= 15 is 0 Å². The second kappa shape index (κ2) is 7.15. The summed E-state index contributed by atoms with van der Waals surface area (Å²) < 4.78 is 4.92. The molecule has 2 aromatic rings. The van der Waals surface area contributed by atoms with Crippen LogP contribution in [0.1, 0.15) is 21.5 Å². The summed E-state index contributed by atoms with van der Waals surface area (Å²) in [5, 5.41) is 13.0. The number of ether oxygens (including phenoxy) is 1. The first-order valence-corrected chi connectivity index (χ1v) is 7.28. The fourth-order valence-corrected chi connectivity index (χ4v) is 2.21. The highest BCUT2D eigenvalue weighted by Crippen LogP contribution is 2.22. The number of hydrogen-bond donors (Lipinski definition) is 2. The summed E-state index contributed by atoms with van der Waals surface area (Å²) in [6, 6.07) is 9.77. The molecule has 23 heavy (non-hydrogen) atoms. The lowest BCUT2D eigenvalue weighted by Crippen LogP contribution is -2.21. The lowest BCUT2D eigenvalue weighted by Gasteiger charge is -2.10. The monoisotopic (exact) mass is 333 g/mol. The number of nitrogens with one attached hydrogen (secondary N) is 1. The van der Waals surface area contributed by atoms with Gasteiger partial charge in [0.25, 0.3) is 5.91 Å². The maximum atomic E-state index is 11.9. The first-order chi connectivity index (χ1) is 10.9. The Morgan fingerprint density at radius 3 is 2.61 bits per heavy atom. The first-order valence-electron chi connectivity index (χ1n) is 6.90. The van der Waals surface area contributed by atoms with Gasteiger partial charge in [0.15, 0.2) is 6.61 Å². The van der Waals surface area contributed by atoms with E-state index in [4.69, 9.17) is 16.3 Å². The highest BCUT2D eigenvalue weighted by Gasteiger charge is 2.15. The second-order valence-electron chi connectivity index (χ2n) is 5.05. The molecular formula is C17H16ClNO4. The molecule has 0 spiro atoms. The topological polar surface area (TPSA) is 75.6 Å². The van der Waals surface area contributed by atoms with E-state index in [1.54, 1.807) is 44.2 Å². The minimum Gasteiger partial charge on any atom is -0.507 e. The smallest absolute Gasteiger partial charge is 0.342 e. The SMILES string of the molecule is Cc1cc(Cl)ccc1NC(=O)COC(=O)c1cccc(C)c1O. The predicted molar refractivity (Wildman–Crippen MR) is 87.9 cm³/mol. The van der Waals surface area contributed by atoms with Crippen LogP contribution in [0.25, 0.3) is 0 Å². The van der Waals surface area contributed by atoms with Gasteiger partial charge in [-0.15, -0.1) is 0 Å². The lowest BCUT2D eigenvalue weighted by molar-refractivity contribution is -0.119. The number of hydrogen-bond acceptors (Lipinski definition) is 4. The van der Waals surface area contributed by atoms with Crippen LogP contribution in [0.15, 0.2) is 36.4 Å². The molecule has 0 heterocycles. The Bertz CT molecular complexity index is 758. The highest BCUT2D eigenvalue weighted by atomic mass is 35.5. The number of amides is 1. The maximum absolute atomic E-state index is 11.9. The van der Waals surface area contributed by atoms with Crippen LogP contribution >= 0.6 is 11.6 Å². The Morgan fingerprint density at radius 1 is 1.17 bits per heavy atom. The van der Waals surface area contributed by atoms with Crippen LogP contribution in [0.2, 0.25) is 5.02 Å². The Kier molecular flexibility index (Phi) is 5.24. The molecule has 0 saturated heterocycles. The van der Waals surface area contributed by atoms with Gasteiger partial charge in [-0.2, -0.15) is 0 Å². The maximum Gasteiger partial charge on any atom is 0.342 e. The van der Waals surface area contributed by atoms with Crippen molar-refractivity contribution in [3.63, 3.8) is 0 Å². The minimum absolute atomic E-state index is 0.0282. The number of esters is 1. The largest absolute Gasteiger partial charge is 0.507 e. The molecule has 0 saturated carbocycles. The fraction of sp³-hybridized carbons (Fsp3) is 0.176. The van der Waals surface area contributed by atoms with Crippen LogP contribution in [0.4, 0.5) is 5.69 Å². The van der Waals surface area contributed by atoms with E-state index in [1.807, 2.05) is 0 Å². The molecule has 0 aliphatic carbocycles. The van der Waals surface area contributed by atoms with Crippen LogP contribution < -0.4 is 5.32 Å². The number of carbonyl (C=O) groups is 2. The van der Waals surface area contributed by atoms with Crippen molar-refractivity contribution in [3.8, 4) is 5.75 Å². The van der Waals surface area contributed by atoms with Crippen LogP contribution in [0.3, 0.4) is 0 Å². The van der Waals surface area contributed by atoms with Crippen molar-refractivity contribution in [2.45, 2.75) is 13.8 Å². The third kappa shape index (κ3) is 4.23. The van der Waals surface area contributed by atoms with E-state index in [2.05, 4.69) is 5.32 Å². The second-order valence-corrected chi connectivity index (χ2v) is 5.49. The number of phenolic OH excluding ortho intramolecular Hbond substituents is 1. The van der Waals surface area contributed by atoms with E-state index in [9.17, 15) is 14.7 Å². The van der Waals surface area contributed by atoms with Gasteiger partial charge in [0, 0.05) is 10.7 Å². The Labute approximate surface area is 138 Å². The Morgan fingerprint density at radius 2 is 1.91 bits per heavy atom. The zero-order chi connectivity index (χ0) is 17.0. The Balaban J connectivity index is 1.96. The molecule has 0 aromatic heterocycles. The molecule has 0 fully saturated rings. The average Bonchev–Trinajstić information content (AvgIpc) is 2.50. The standard InChI is InChI=1S/C17H16ClNO4/c1-10-4-3-5-13(16(10)21)17(22)23-9-15(20)19-14-7-6-12(18)8-11(14)2/h3-8,21H,9H2,1-2H3,(H,19,20). The molecule has 1 amide bonds. The van der Waals surface area contributed by atoms with Crippen LogP contribution in [-0.2, 0) is 9.53 Å². The zero-order valence-electron chi connectivity index (χ0n) is 12.7. The molecule has 0 bridgehead atoms. The van der Waals surface area contributed by atoms with E-state index in [1.165, 1.54) is 6.07 Å². The van der Waals surface area contributed by atoms with Gasteiger partial charge in [-0.05, 0) is 49.2 Å².